The molecular weight excluding hydrogens is 286 g/mol. The number of carbonyl (C=O) groups excluding carboxylic acids is 1. The Morgan fingerprint density at radius 3 is 2.53 bits per heavy atom. The van der Waals surface area contributed by atoms with E-state index in [1.54, 1.807) is 0 Å². The standard InChI is InChI=1S/C12H12ClF4NO/c1-8-2-3-9(14)6-10(8)11(19)18(5-4-13)7-12(15,16)17/h2-3,6H,4-5,7H2,1H3. The number of carbonyl (C=O) groups is 1. The van der Waals surface area contributed by atoms with Gasteiger partial charge >= 0.3 is 6.18 Å². The van der Waals surface area contributed by atoms with Crippen molar-refractivity contribution < 1.29 is 22.4 Å². The SMILES string of the molecule is Cc1ccc(F)cc1C(=O)N(CCCl)CC(F)(F)F. The predicted octanol–water partition coefficient (Wildman–Crippen LogP) is 3.38. The lowest BCUT2D eigenvalue weighted by atomic mass is 10.1. The third-order valence-electron chi connectivity index (χ3n) is 2.44. The Labute approximate surface area is 113 Å². The summed E-state index contributed by atoms with van der Waals surface area (Å²) < 4.78 is 50.2. The van der Waals surface area contributed by atoms with Crippen LogP contribution in [-0.2, 0) is 0 Å². The Hall–Kier alpha value is -1.30. The summed E-state index contributed by atoms with van der Waals surface area (Å²) in [6, 6.07) is 3.41. The highest BCUT2D eigenvalue weighted by Gasteiger charge is 2.33. The Bertz CT molecular complexity index is 462. The fourth-order valence-corrected chi connectivity index (χ4v) is 1.77. The minimum atomic E-state index is -4.52. The van der Waals surface area contributed by atoms with E-state index in [0.717, 1.165) is 12.1 Å². The van der Waals surface area contributed by atoms with Crippen LogP contribution in [-0.4, -0.2) is 36.0 Å². The van der Waals surface area contributed by atoms with Crippen molar-refractivity contribution in [1.29, 1.82) is 0 Å². The molecule has 2 nitrogen and oxygen atoms in total. The molecule has 0 aliphatic carbocycles. The summed E-state index contributed by atoms with van der Waals surface area (Å²) in [5, 5.41) is 0. The minimum absolute atomic E-state index is 0.0885. The molecule has 1 rings (SSSR count). The smallest absolute Gasteiger partial charge is 0.328 e. The molecular formula is C12H12ClF4NO. The van der Waals surface area contributed by atoms with E-state index in [2.05, 4.69) is 0 Å². The highest BCUT2D eigenvalue weighted by Crippen LogP contribution is 2.20. The van der Waals surface area contributed by atoms with Crippen molar-refractivity contribution in [3.05, 3.63) is 35.1 Å². The summed E-state index contributed by atoms with van der Waals surface area (Å²) in [6.07, 6.45) is -4.52. The van der Waals surface area contributed by atoms with Gasteiger partial charge in [0.15, 0.2) is 0 Å². The number of amides is 1. The topological polar surface area (TPSA) is 20.3 Å². The number of benzene rings is 1. The van der Waals surface area contributed by atoms with E-state index in [4.69, 9.17) is 11.6 Å². The van der Waals surface area contributed by atoms with Gasteiger partial charge in [0.1, 0.15) is 12.4 Å². The molecule has 0 atom stereocenters. The Morgan fingerprint density at radius 1 is 1.37 bits per heavy atom. The van der Waals surface area contributed by atoms with E-state index < -0.39 is 24.4 Å². The second kappa shape index (κ2) is 6.23. The summed E-state index contributed by atoms with van der Waals surface area (Å²) in [6.45, 7) is -0.135. The van der Waals surface area contributed by atoms with Crippen LogP contribution in [0.2, 0.25) is 0 Å². The molecule has 1 amide bonds. The molecule has 1 aromatic carbocycles. The fraction of sp³-hybridized carbons (Fsp3) is 0.417. The largest absolute Gasteiger partial charge is 0.406 e. The van der Waals surface area contributed by atoms with Gasteiger partial charge in [-0.05, 0) is 24.6 Å². The van der Waals surface area contributed by atoms with Crippen molar-refractivity contribution in [2.75, 3.05) is 19.0 Å². The number of hydrogen-bond acceptors (Lipinski definition) is 1. The summed E-state index contributed by atoms with van der Waals surface area (Å²) in [7, 11) is 0. The number of aryl methyl sites for hydroxylation is 1. The van der Waals surface area contributed by atoms with Crippen LogP contribution in [0, 0.1) is 12.7 Å². The first-order valence-electron chi connectivity index (χ1n) is 5.42. The molecule has 0 radical (unpaired) electrons. The van der Waals surface area contributed by atoms with Crippen LogP contribution in [0.3, 0.4) is 0 Å². The van der Waals surface area contributed by atoms with Crippen molar-refractivity contribution in [2.24, 2.45) is 0 Å². The molecule has 0 spiro atoms. The molecule has 7 heteroatoms. The second-order valence-electron chi connectivity index (χ2n) is 3.99. The zero-order valence-electron chi connectivity index (χ0n) is 10.1. The molecule has 0 unspecified atom stereocenters. The van der Waals surface area contributed by atoms with Crippen molar-refractivity contribution >= 4 is 17.5 Å². The molecule has 106 valence electrons. The van der Waals surface area contributed by atoms with Gasteiger partial charge in [0.05, 0.1) is 0 Å². The van der Waals surface area contributed by atoms with Crippen molar-refractivity contribution in [1.82, 2.24) is 4.90 Å². The maximum absolute atomic E-state index is 13.1. The van der Waals surface area contributed by atoms with Crippen LogP contribution in [0.15, 0.2) is 18.2 Å². The maximum atomic E-state index is 13.1. The van der Waals surface area contributed by atoms with Crippen LogP contribution in [0.25, 0.3) is 0 Å². The molecule has 0 aromatic heterocycles. The number of halogens is 5. The maximum Gasteiger partial charge on any atom is 0.406 e. The number of alkyl halides is 4. The predicted molar refractivity (Wildman–Crippen MR) is 63.8 cm³/mol. The van der Waals surface area contributed by atoms with E-state index >= 15 is 0 Å². The first-order chi connectivity index (χ1) is 8.74. The van der Waals surface area contributed by atoms with Gasteiger partial charge in [-0.1, -0.05) is 6.07 Å². The second-order valence-corrected chi connectivity index (χ2v) is 4.37. The summed E-state index contributed by atoms with van der Waals surface area (Å²) in [4.78, 5) is 12.6. The number of rotatable bonds is 4. The molecule has 19 heavy (non-hydrogen) atoms. The highest BCUT2D eigenvalue weighted by atomic mass is 35.5. The molecule has 0 fully saturated rings. The van der Waals surface area contributed by atoms with Gasteiger partial charge < -0.3 is 4.90 Å². The molecule has 0 saturated carbocycles. The van der Waals surface area contributed by atoms with Gasteiger partial charge in [-0.15, -0.1) is 11.6 Å². The van der Waals surface area contributed by atoms with Crippen molar-refractivity contribution in [3.8, 4) is 0 Å². The van der Waals surface area contributed by atoms with E-state index in [1.807, 2.05) is 0 Å². The lowest BCUT2D eigenvalue weighted by molar-refractivity contribution is -0.140. The Kier molecular flexibility index (Phi) is 5.17. The van der Waals surface area contributed by atoms with Crippen molar-refractivity contribution in [3.63, 3.8) is 0 Å². The third-order valence-corrected chi connectivity index (χ3v) is 2.61. The quantitative estimate of drug-likeness (QED) is 0.616. The summed E-state index contributed by atoms with van der Waals surface area (Å²) in [5.74, 6) is -1.68. The van der Waals surface area contributed by atoms with E-state index in [0.29, 0.717) is 10.5 Å². The fourth-order valence-electron chi connectivity index (χ4n) is 1.57. The Balaban J connectivity index is 3.02. The van der Waals surface area contributed by atoms with Crippen LogP contribution in [0.1, 0.15) is 15.9 Å². The van der Waals surface area contributed by atoms with Gasteiger partial charge in [0, 0.05) is 18.0 Å². The summed E-state index contributed by atoms with van der Waals surface area (Å²) >= 11 is 5.39. The molecule has 0 N–H and O–H groups in total. The minimum Gasteiger partial charge on any atom is -0.328 e. The van der Waals surface area contributed by atoms with Gasteiger partial charge in [0.25, 0.3) is 5.91 Å². The van der Waals surface area contributed by atoms with Gasteiger partial charge in [-0.2, -0.15) is 13.2 Å². The monoisotopic (exact) mass is 297 g/mol. The molecule has 0 heterocycles. The average molecular weight is 298 g/mol. The molecule has 0 aliphatic rings. The number of hydrogen-bond donors (Lipinski definition) is 0. The van der Waals surface area contributed by atoms with Crippen LogP contribution < -0.4 is 0 Å². The lowest BCUT2D eigenvalue weighted by Gasteiger charge is -2.23. The zero-order valence-corrected chi connectivity index (χ0v) is 10.9. The van der Waals surface area contributed by atoms with Crippen LogP contribution in [0.4, 0.5) is 17.6 Å². The molecule has 0 saturated heterocycles. The van der Waals surface area contributed by atoms with Crippen molar-refractivity contribution in [2.45, 2.75) is 13.1 Å². The van der Waals surface area contributed by atoms with E-state index in [-0.39, 0.29) is 18.0 Å². The van der Waals surface area contributed by atoms with Gasteiger partial charge in [-0.25, -0.2) is 4.39 Å². The molecule has 0 aliphatic heterocycles. The lowest BCUT2D eigenvalue weighted by Crippen LogP contribution is -2.40. The van der Waals surface area contributed by atoms with Gasteiger partial charge in [-0.3, -0.25) is 4.79 Å². The first-order valence-corrected chi connectivity index (χ1v) is 5.96. The Morgan fingerprint density at radius 2 is 2.00 bits per heavy atom. The normalized spacial score (nSPS) is 11.5. The molecule has 0 bridgehead atoms. The van der Waals surface area contributed by atoms with E-state index in [9.17, 15) is 22.4 Å². The van der Waals surface area contributed by atoms with E-state index in [1.165, 1.54) is 13.0 Å². The average Bonchev–Trinajstić information content (AvgIpc) is 2.29. The zero-order chi connectivity index (χ0) is 14.6. The van der Waals surface area contributed by atoms with Crippen LogP contribution in [0.5, 0.6) is 0 Å². The first kappa shape index (κ1) is 15.8. The van der Waals surface area contributed by atoms with Crippen LogP contribution >= 0.6 is 11.6 Å². The molecule has 1 aromatic rings. The number of nitrogens with zero attached hydrogens (tertiary/aromatic N) is 1. The van der Waals surface area contributed by atoms with Gasteiger partial charge in [0.2, 0.25) is 0 Å². The summed E-state index contributed by atoms with van der Waals surface area (Å²) in [5.41, 5.74) is 0.322. The third kappa shape index (κ3) is 4.70. The highest BCUT2D eigenvalue weighted by molar-refractivity contribution is 6.18.